The predicted octanol–water partition coefficient (Wildman–Crippen LogP) is 1.58. The first-order chi connectivity index (χ1) is 9.39. The maximum Gasteiger partial charge on any atom is 0.249 e. The SMILES string of the molecule is Cc1noc(C)c1S(=O)(=O)N1Cc2ccc(N)cc2C1. The second-order valence-electron chi connectivity index (χ2n) is 4.95. The number of nitrogens with two attached hydrogens (primary N) is 1. The number of rotatable bonds is 2. The Kier molecular flexibility index (Phi) is 2.84. The van der Waals surface area contributed by atoms with Gasteiger partial charge < -0.3 is 10.3 Å². The van der Waals surface area contributed by atoms with Gasteiger partial charge in [-0.2, -0.15) is 4.31 Å². The fraction of sp³-hybridized carbons (Fsp3) is 0.308. The van der Waals surface area contributed by atoms with Crippen molar-refractivity contribution in [2.24, 2.45) is 0 Å². The summed E-state index contributed by atoms with van der Waals surface area (Å²) in [5, 5.41) is 3.72. The molecule has 1 aromatic carbocycles. The number of nitrogens with zero attached hydrogens (tertiary/aromatic N) is 2. The second kappa shape index (κ2) is 4.32. The number of sulfonamides is 1. The Labute approximate surface area is 117 Å². The zero-order chi connectivity index (χ0) is 14.5. The maximum atomic E-state index is 12.7. The largest absolute Gasteiger partial charge is 0.399 e. The molecule has 3 rings (SSSR count). The number of aromatic nitrogens is 1. The molecule has 0 unspecified atom stereocenters. The van der Waals surface area contributed by atoms with Crippen molar-refractivity contribution in [3.05, 3.63) is 40.8 Å². The average molecular weight is 293 g/mol. The van der Waals surface area contributed by atoms with Gasteiger partial charge in [0.05, 0.1) is 0 Å². The van der Waals surface area contributed by atoms with Crippen molar-refractivity contribution in [2.75, 3.05) is 5.73 Å². The summed E-state index contributed by atoms with van der Waals surface area (Å²) in [7, 11) is -3.60. The quantitative estimate of drug-likeness (QED) is 0.849. The van der Waals surface area contributed by atoms with E-state index in [1.807, 2.05) is 12.1 Å². The number of benzene rings is 1. The lowest BCUT2D eigenvalue weighted by Crippen LogP contribution is -2.26. The van der Waals surface area contributed by atoms with Gasteiger partial charge in [0.25, 0.3) is 0 Å². The molecule has 0 radical (unpaired) electrons. The van der Waals surface area contributed by atoms with E-state index in [1.54, 1.807) is 19.9 Å². The summed E-state index contributed by atoms with van der Waals surface area (Å²) in [6.45, 7) is 3.91. The van der Waals surface area contributed by atoms with E-state index in [0.717, 1.165) is 11.1 Å². The van der Waals surface area contributed by atoms with Crippen molar-refractivity contribution in [1.82, 2.24) is 9.46 Å². The smallest absolute Gasteiger partial charge is 0.249 e. The molecule has 2 heterocycles. The molecule has 0 bridgehead atoms. The Balaban J connectivity index is 2.00. The standard InChI is InChI=1S/C13H15N3O3S/c1-8-13(9(2)19-15-8)20(17,18)16-6-10-3-4-12(14)5-11(10)7-16/h3-5H,6-7,14H2,1-2H3. The molecule has 0 saturated carbocycles. The Morgan fingerprint density at radius 1 is 1.25 bits per heavy atom. The Hall–Kier alpha value is -1.86. The first kappa shape index (κ1) is 13.1. The van der Waals surface area contributed by atoms with Crippen LogP contribution >= 0.6 is 0 Å². The summed E-state index contributed by atoms with van der Waals surface area (Å²) in [6.07, 6.45) is 0. The summed E-state index contributed by atoms with van der Waals surface area (Å²) < 4.78 is 31.8. The lowest BCUT2D eigenvalue weighted by atomic mass is 10.1. The molecular weight excluding hydrogens is 278 g/mol. The molecule has 20 heavy (non-hydrogen) atoms. The van der Waals surface area contributed by atoms with Gasteiger partial charge in [0.15, 0.2) is 5.76 Å². The molecule has 7 heteroatoms. The summed E-state index contributed by atoms with van der Waals surface area (Å²) >= 11 is 0. The molecule has 0 spiro atoms. The third kappa shape index (κ3) is 1.90. The van der Waals surface area contributed by atoms with Crippen LogP contribution in [-0.2, 0) is 23.1 Å². The molecule has 0 amide bonds. The number of fused-ring (bicyclic) bond motifs is 1. The first-order valence-electron chi connectivity index (χ1n) is 6.20. The third-order valence-corrected chi connectivity index (χ3v) is 5.53. The third-order valence-electron chi connectivity index (χ3n) is 3.49. The van der Waals surface area contributed by atoms with Crippen molar-refractivity contribution in [3.8, 4) is 0 Å². The number of anilines is 1. The van der Waals surface area contributed by atoms with Crippen LogP contribution in [0.5, 0.6) is 0 Å². The van der Waals surface area contributed by atoms with Gasteiger partial charge in [-0.25, -0.2) is 8.42 Å². The lowest BCUT2D eigenvalue weighted by Gasteiger charge is -2.14. The van der Waals surface area contributed by atoms with Crippen LogP contribution in [0.25, 0.3) is 0 Å². The summed E-state index contributed by atoms with van der Waals surface area (Å²) in [4.78, 5) is 0.165. The molecular formula is C13H15N3O3S. The number of aryl methyl sites for hydroxylation is 2. The molecule has 0 fully saturated rings. The van der Waals surface area contributed by atoms with Crippen molar-refractivity contribution in [3.63, 3.8) is 0 Å². The fourth-order valence-corrected chi connectivity index (χ4v) is 4.21. The molecule has 0 atom stereocenters. The van der Waals surface area contributed by atoms with Crippen LogP contribution in [0.15, 0.2) is 27.6 Å². The van der Waals surface area contributed by atoms with Crippen molar-refractivity contribution in [2.45, 2.75) is 31.8 Å². The minimum absolute atomic E-state index is 0.165. The normalized spacial score (nSPS) is 15.5. The molecule has 0 aliphatic carbocycles. The van der Waals surface area contributed by atoms with E-state index in [9.17, 15) is 8.42 Å². The van der Waals surface area contributed by atoms with E-state index >= 15 is 0 Å². The molecule has 1 aromatic heterocycles. The first-order valence-corrected chi connectivity index (χ1v) is 7.64. The number of hydrogen-bond donors (Lipinski definition) is 1. The van der Waals surface area contributed by atoms with Gasteiger partial charge >= 0.3 is 0 Å². The van der Waals surface area contributed by atoms with E-state index < -0.39 is 10.0 Å². The topological polar surface area (TPSA) is 89.4 Å². The van der Waals surface area contributed by atoms with E-state index in [0.29, 0.717) is 30.2 Å². The highest BCUT2D eigenvalue weighted by Crippen LogP contribution is 2.31. The highest BCUT2D eigenvalue weighted by molar-refractivity contribution is 7.89. The summed E-state index contributed by atoms with van der Waals surface area (Å²) in [6, 6.07) is 5.47. The molecule has 1 aliphatic rings. The number of hydrogen-bond acceptors (Lipinski definition) is 5. The molecule has 0 saturated heterocycles. The van der Waals surface area contributed by atoms with E-state index in [1.165, 1.54) is 4.31 Å². The van der Waals surface area contributed by atoms with Crippen molar-refractivity contribution in [1.29, 1.82) is 0 Å². The molecule has 2 N–H and O–H groups in total. The van der Waals surface area contributed by atoms with Gasteiger partial charge in [0.1, 0.15) is 10.6 Å². The van der Waals surface area contributed by atoms with Gasteiger partial charge in [-0.3, -0.25) is 0 Å². The minimum atomic E-state index is -3.60. The van der Waals surface area contributed by atoms with Crippen molar-refractivity contribution < 1.29 is 12.9 Å². The fourth-order valence-electron chi connectivity index (χ4n) is 2.53. The van der Waals surface area contributed by atoms with E-state index in [4.69, 9.17) is 10.3 Å². The van der Waals surface area contributed by atoms with Crippen LogP contribution < -0.4 is 5.73 Å². The van der Waals surface area contributed by atoms with Gasteiger partial charge in [-0.05, 0) is 37.1 Å². The van der Waals surface area contributed by atoms with Gasteiger partial charge in [-0.15, -0.1) is 0 Å². The molecule has 6 nitrogen and oxygen atoms in total. The highest BCUT2D eigenvalue weighted by Gasteiger charge is 2.34. The Morgan fingerprint density at radius 3 is 2.60 bits per heavy atom. The van der Waals surface area contributed by atoms with Crippen LogP contribution in [0, 0.1) is 13.8 Å². The minimum Gasteiger partial charge on any atom is -0.399 e. The van der Waals surface area contributed by atoms with Crippen LogP contribution in [0.2, 0.25) is 0 Å². The monoisotopic (exact) mass is 293 g/mol. The average Bonchev–Trinajstić information content (AvgIpc) is 2.93. The zero-order valence-electron chi connectivity index (χ0n) is 11.3. The highest BCUT2D eigenvalue weighted by atomic mass is 32.2. The van der Waals surface area contributed by atoms with Crippen LogP contribution in [0.1, 0.15) is 22.6 Å². The van der Waals surface area contributed by atoms with Gasteiger partial charge in [0, 0.05) is 18.8 Å². The molecule has 106 valence electrons. The molecule has 1 aliphatic heterocycles. The van der Waals surface area contributed by atoms with Crippen molar-refractivity contribution >= 4 is 15.7 Å². The zero-order valence-corrected chi connectivity index (χ0v) is 12.1. The summed E-state index contributed by atoms with van der Waals surface area (Å²) in [5.74, 6) is 0.318. The lowest BCUT2D eigenvalue weighted by molar-refractivity contribution is 0.388. The van der Waals surface area contributed by atoms with Gasteiger partial charge in [-0.1, -0.05) is 11.2 Å². The maximum absolute atomic E-state index is 12.7. The number of nitrogen functional groups attached to an aromatic ring is 1. The Morgan fingerprint density at radius 2 is 1.95 bits per heavy atom. The van der Waals surface area contributed by atoms with Crippen LogP contribution in [0.3, 0.4) is 0 Å². The summed E-state index contributed by atoms with van der Waals surface area (Å²) in [5.41, 5.74) is 8.69. The van der Waals surface area contributed by atoms with E-state index in [-0.39, 0.29) is 4.90 Å². The van der Waals surface area contributed by atoms with Gasteiger partial charge in [0.2, 0.25) is 10.0 Å². The second-order valence-corrected chi connectivity index (χ2v) is 6.83. The predicted molar refractivity (Wildman–Crippen MR) is 73.3 cm³/mol. The van der Waals surface area contributed by atoms with E-state index in [2.05, 4.69) is 5.16 Å². The Bertz CT molecular complexity index is 761. The molecule has 2 aromatic rings. The van der Waals surface area contributed by atoms with Crippen LogP contribution in [0.4, 0.5) is 5.69 Å². The van der Waals surface area contributed by atoms with Crippen LogP contribution in [-0.4, -0.2) is 17.9 Å².